The van der Waals surface area contributed by atoms with Gasteiger partial charge < -0.3 is 9.63 Å². The van der Waals surface area contributed by atoms with E-state index in [1.807, 2.05) is 5.43 Å². The molecule has 0 radical (unpaired) electrons. The average Bonchev–Trinajstić information content (AvgIpc) is 3.08. The molecule has 1 aliphatic rings. The summed E-state index contributed by atoms with van der Waals surface area (Å²) in [4.78, 5) is 13.3. The van der Waals surface area contributed by atoms with Crippen molar-refractivity contribution < 1.29 is 14.4 Å². The van der Waals surface area contributed by atoms with Gasteiger partial charge in [-0.2, -0.15) is 0 Å². The number of nitrogen functional groups attached to an aromatic ring is 1. The van der Waals surface area contributed by atoms with Crippen molar-refractivity contribution in [1.29, 1.82) is 0 Å². The Morgan fingerprint density at radius 1 is 1.71 bits per heavy atom. The molecule has 4 N–H and O–H groups in total. The molecule has 0 atom stereocenters. The zero-order chi connectivity index (χ0) is 12.3. The third-order valence-corrected chi connectivity index (χ3v) is 2.73. The van der Waals surface area contributed by atoms with Gasteiger partial charge in [-0.25, -0.2) is 5.84 Å². The second-order valence-electron chi connectivity index (χ2n) is 4.08. The number of hydrogen-bond acceptors (Lipinski definition) is 6. The van der Waals surface area contributed by atoms with Gasteiger partial charge in [0, 0.05) is 18.7 Å². The second-order valence-corrected chi connectivity index (χ2v) is 4.08. The van der Waals surface area contributed by atoms with Crippen LogP contribution in [0.25, 0.3) is 0 Å². The molecular weight excluding hydrogens is 224 g/mol. The van der Waals surface area contributed by atoms with Gasteiger partial charge in [-0.15, -0.1) is 0 Å². The van der Waals surface area contributed by atoms with Crippen molar-refractivity contribution in [1.82, 2.24) is 15.5 Å². The van der Waals surface area contributed by atoms with E-state index in [-0.39, 0.29) is 12.3 Å². The molecule has 0 aromatic carbocycles. The summed E-state index contributed by atoms with van der Waals surface area (Å²) in [5.41, 5.74) is 2.16. The molecule has 17 heavy (non-hydrogen) atoms. The van der Waals surface area contributed by atoms with Crippen LogP contribution in [-0.4, -0.2) is 40.3 Å². The third-order valence-electron chi connectivity index (χ3n) is 2.73. The van der Waals surface area contributed by atoms with Crippen LogP contribution in [0.15, 0.2) is 10.6 Å². The maximum atomic E-state index is 11.2. The lowest BCUT2D eigenvalue weighted by Gasteiger charge is -2.18. The van der Waals surface area contributed by atoms with Crippen molar-refractivity contribution in [2.75, 3.05) is 13.2 Å². The number of hydrogen-bond donors (Lipinski definition) is 3. The molecule has 1 aromatic heterocycles. The monoisotopic (exact) mass is 240 g/mol. The van der Waals surface area contributed by atoms with Gasteiger partial charge in [0.1, 0.15) is 0 Å². The van der Waals surface area contributed by atoms with Crippen molar-refractivity contribution >= 4 is 5.91 Å². The molecule has 2 rings (SSSR count). The van der Waals surface area contributed by atoms with Gasteiger partial charge in [-0.05, 0) is 12.8 Å². The maximum absolute atomic E-state index is 11.2. The normalized spacial score (nSPS) is 15.2. The van der Waals surface area contributed by atoms with E-state index < -0.39 is 5.91 Å². The Hall–Kier alpha value is -1.44. The smallest absolute Gasteiger partial charge is 0.287 e. The minimum atomic E-state index is -0.472. The van der Waals surface area contributed by atoms with Crippen LogP contribution in [0, 0.1) is 0 Å². The zero-order valence-corrected chi connectivity index (χ0v) is 9.43. The van der Waals surface area contributed by atoms with Crippen molar-refractivity contribution in [3.63, 3.8) is 0 Å². The fraction of sp³-hybridized carbons (Fsp3) is 0.600. The topological polar surface area (TPSA) is 105 Å². The number of carbonyl (C=O) groups is 1. The van der Waals surface area contributed by atoms with Crippen LogP contribution in [0.3, 0.4) is 0 Å². The van der Waals surface area contributed by atoms with E-state index in [9.17, 15) is 4.79 Å². The van der Waals surface area contributed by atoms with Gasteiger partial charge in [0.25, 0.3) is 5.91 Å². The minimum Gasteiger partial charge on any atom is -0.395 e. The van der Waals surface area contributed by atoms with E-state index >= 15 is 0 Å². The van der Waals surface area contributed by atoms with Gasteiger partial charge in [0.2, 0.25) is 0 Å². The summed E-state index contributed by atoms with van der Waals surface area (Å²) in [6.07, 6.45) is 2.29. The highest BCUT2D eigenvalue weighted by Crippen LogP contribution is 2.27. The lowest BCUT2D eigenvalue weighted by molar-refractivity contribution is 0.0944. The molecule has 1 aliphatic carbocycles. The standard InChI is InChI=1S/C10H16N4O3/c11-12-10(16)9-5-8(17-13-9)6-14(3-4-15)7-1-2-7/h5,7,15H,1-4,6,11H2,(H,12,16). The van der Waals surface area contributed by atoms with Crippen LogP contribution in [0.2, 0.25) is 0 Å². The number of carbonyl (C=O) groups excluding carboxylic acids is 1. The number of aliphatic hydroxyl groups is 1. The highest BCUT2D eigenvalue weighted by molar-refractivity contribution is 5.91. The van der Waals surface area contributed by atoms with Crippen LogP contribution >= 0.6 is 0 Å². The minimum absolute atomic E-state index is 0.112. The van der Waals surface area contributed by atoms with Crippen molar-refractivity contribution in [3.05, 3.63) is 17.5 Å². The van der Waals surface area contributed by atoms with Crippen LogP contribution in [0.5, 0.6) is 0 Å². The predicted octanol–water partition coefficient (Wildman–Crippen LogP) is -0.765. The first kappa shape index (κ1) is 12.0. The molecule has 1 saturated carbocycles. The Morgan fingerprint density at radius 3 is 3.06 bits per heavy atom. The molecule has 1 aromatic rings. The van der Waals surface area contributed by atoms with Crippen molar-refractivity contribution in [2.24, 2.45) is 5.84 Å². The van der Waals surface area contributed by atoms with E-state index in [2.05, 4.69) is 10.1 Å². The maximum Gasteiger partial charge on any atom is 0.287 e. The number of rotatable bonds is 6. The molecule has 1 amide bonds. The molecule has 7 nitrogen and oxygen atoms in total. The summed E-state index contributed by atoms with van der Waals surface area (Å²) in [6.45, 7) is 1.26. The van der Waals surface area contributed by atoms with Gasteiger partial charge in [-0.1, -0.05) is 5.16 Å². The zero-order valence-electron chi connectivity index (χ0n) is 9.43. The average molecular weight is 240 g/mol. The number of amides is 1. The third kappa shape index (κ3) is 3.02. The molecule has 7 heteroatoms. The van der Waals surface area contributed by atoms with Crippen molar-refractivity contribution in [3.8, 4) is 0 Å². The largest absolute Gasteiger partial charge is 0.395 e. The van der Waals surface area contributed by atoms with E-state index in [1.54, 1.807) is 6.07 Å². The van der Waals surface area contributed by atoms with Crippen LogP contribution in [0.1, 0.15) is 29.1 Å². The number of nitrogens with two attached hydrogens (primary N) is 1. The summed E-state index contributed by atoms with van der Waals surface area (Å²) in [6, 6.07) is 2.08. The molecule has 0 aliphatic heterocycles. The summed E-state index contributed by atoms with van der Waals surface area (Å²) in [5.74, 6) is 5.12. The van der Waals surface area contributed by atoms with Gasteiger partial charge >= 0.3 is 0 Å². The fourth-order valence-electron chi connectivity index (χ4n) is 1.73. The Balaban J connectivity index is 1.97. The Morgan fingerprint density at radius 2 is 2.47 bits per heavy atom. The van der Waals surface area contributed by atoms with E-state index in [0.717, 1.165) is 12.8 Å². The summed E-state index contributed by atoms with van der Waals surface area (Å²) in [7, 11) is 0. The lowest BCUT2D eigenvalue weighted by atomic mass is 10.3. The quantitative estimate of drug-likeness (QED) is 0.343. The van der Waals surface area contributed by atoms with Gasteiger partial charge in [0.15, 0.2) is 11.5 Å². The Bertz CT molecular complexity index is 389. The molecule has 94 valence electrons. The van der Waals surface area contributed by atoms with E-state index in [1.165, 1.54) is 0 Å². The molecule has 1 heterocycles. The fourth-order valence-corrected chi connectivity index (χ4v) is 1.73. The Labute approximate surface area is 98.5 Å². The van der Waals surface area contributed by atoms with Gasteiger partial charge in [0.05, 0.1) is 13.2 Å². The number of nitrogens with zero attached hydrogens (tertiary/aromatic N) is 2. The molecular formula is C10H16N4O3. The summed E-state index contributed by atoms with van der Waals surface area (Å²) < 4.78 is 5.05. The number of aromatic nitrogens is 1. The lowest BCUT2D eigenvalue weighted by Crippen LogP contribution is -2.30. The number of aliphatic hydroxyl groups excluding tert-OH is 1. The van der Waals surface area contributed by atoms with Crippen molar-refractivity contribution in [2.45, 2.75) is 25.4 Å². The predicted molar refractivity (Wildman–Crippen MR) is 58.7 cm³/mol. The van der Waals surface area contributed by atoms with E-state index in [4.69, 9.17) is 15.5 Å². The second kappa shape index (κ2) is 5.26. The number of hydrazine groups is 1. The summed E-state index contributed by atoms with van der Waals surface area (Å²) >= 11 is 0. The highest BCUT2D eigenvalue weighted by atomic mass is 16.5. The molecule has 0 spiro atoms. The van der Waals surface area contributed by atoms with Crippen LogP contribution < -0.4 is 11.3 Å². The number of nitrogens with one attached hydrogen (secondary N) is 1. The first-order chi connectivity index (χ1) is 8.24. The van der Waals surface area contributed by atoms with Crippen LogP contribution in [-0.2, 0) is 6.54 Å². The Kier molecular flexibility index (Phi) is 3.72. The SMILES string of the molecule is NNC(=O)c1cc(CN(CCO)C2CC2)on1. The molecule has 0 bridgehead atoms. The molecule has 1 fully saturated rings. The van der Waals surface area contributed by atoms with Crippen LogP contribution in [0.4, 0.5) is 0 Å². The summed E-state index contributed by atoms with van der Waals surface area (Å²) in [5, 5.41) is 12.6. The first-order valence-electron chi connectivity index (χ1n) is 5.56. The first-order valence-corrected chi connectivity index (χ1v) is 5.56. The molecule has 0 unspecified atom stereocenters. The molecule has 0 saturated heterocycles. The van der Waals surface area contributed by atoms with Gasteiger partial charge in [-0.3, -0.25) is 15.1 Å². The van der Waals surface area contributed by atoms with E-state index in [0.29, 0.717) is 24.9 Å². The highest BCUT2D eigenvalue weighted by Gasteiger charge is 2.29.